The van der Waals surface area contributed by atoms with Crippen molar-refractivity contribution in [3.63, 3.8) is 0 Å². The number of rotatable bonds is 6. The molecule has 0 radical (unpaired) electrons. The summed E-state index contributed by atoms with van der Waals surface area (Å²) < 4.78 is 25.0. The Labute approximate surface area is 137 Å². The molecule has 1 aromatic carbocycles. The molecule has 1 N–H and O–H groups in total. The van der Waals surface area contributed by atoms with E-state index in [2.05, 4.69) is 23.4 Å². The lowest BCUT2D eigenvalue weighted by molar-refractivity contribution is -0.145. The van der Waals surface area contributed by atoms with Crippen molar-refractivity contribution >= 4 is 15.9 Å². The van der Waals surface area contributed by atoms with E-state index >= 15 is 0 Å². The summed E-state index contributed by atoms with van der Waals surface area (Å²) in [6.45, 7) is 4.91. The normalized spacial score (nSPS) is 24.6. The number of amides is 1. The zero-order valence-electron chi connectivity index (χ0n) is 13.0. The highest BCUT2D eigenvalue weighted by Crippen LogP contribution is 2.43. The second-order valence-corrected chi connectivity index (χ2v) is 8.16. The van der Waals surface area contributed by atoms with Crippen LogP contribution in [0.15, 0.2) is 42.3 Å². The first-order valence-corrected chi connectivity index (χ1v) is 9.49. The molecule has 124 valence electrons. The third kappa shape index (κ3) is 3.64. The Morgan fingerprint density at radius 2 is 1.91 bits per heavy atom. The van der Waals surface area contributed by atoms with Crippen LogP contribution >= 0.6 is 0 Å². The largest absolute Gasteiger partial charge is 0.342 e. The number of hydrogen-bond acceptors (Lipinski definition) is 3. The summed E-state index contributed by atoms with van der Waals surface area (Å²) in [4.78, 5) is 14.2. The SMILES string of the molecule is C=CS(=O)(=O)NCC1CN(C(=O)C2CC(c3ccccc3)C2)C1. The van der Waals surface area contributed by atoms with Crippen molar-refractivity contribution < 1.29 is 13.2 Å². The number of nitrogens with one attached hydrogen (secondary N) is 1. The smallest absolute Gasteiger partial charge is 0.233 e. The Balaban J connectivity index is 1.40. The lowest BCUT2D eigenvalue weighted by Gasteiger charge is -2.44. The molecule has 2 fully saturated rings. The molecule has 0 bridgehead atoms. The van der Waals surface area contributed by atoms with Crippen LogP contribution < -0.4 is 4.72 Å². The number of benzene rings is 1. The molecule has 3 rings (SSSR count). The Kier molecular flexibility index (Phi) is 4.55. The van der Waals surface area contributed by atoms with Crippen molar-refractivity contribution in [3.05, 3.63) is 47.9 Å². The van der Waals surface area contributed by atoms with Crippen LogP contribution in [-0.2, 0) is 14.8 Å². The van der Waals surface area contributed by atoms with Gasteiger partial charge in [-0.25, -0.2) is 13.1 Å². The van der Waals surface area contributed by atoms with E-state index in [1.165, 1.54) is 5.56 Å². The van der Waals surface area contributed by atoms with Crippen molar-refractivity contribution in [1.82, 2.24) is 9.62 Å². The fourth-order valence-corrected chi connectivity index (χ4v) is 3.83. The minimum Gasteiger partial charge on any atom is -0.342 e. The number of carbonyl (C=O) groups excluding carboxylic acids is 1. The van der Waals surface area contributed by atoms with E-state index in [1.54, 1.807) is 0 Å². The highest BCUT2D eigenvalue weighted by Gasteiger charge is 2.41. The molecule has 2 aliphatic rings. The van der Waals surface area contributed by atoms with E-state index in [0.717, 1.165) is 18.2 Å². The van der Waals surface area contributed by atoms with E-state index in [-0.39, 0.29) is 17.7 Å². The molecular weight excluding hydrogens is 312 g/mol. The first-order valence-electron chi connectivity index (χ1n) is 7.94. The van der Waals surface area contributed by atoms with E-state index in [0.29, 0.717) is 25.6 Å². The minimum absolute atomic E-state index is 0.131. The van der Waals surface area contributed by atoms with E-state index in [9.17, 15) is 13.2 Å². The quantitative estimate of drug-likeness (QED) is 0.861. The van der Waals surface area contributed by atoms with E-state index in [1.807, 2.05) is 23.1 Å². The lowest BCUT2D eigenvalue weighted by Crippen LogP contribution is -2.56. The summed E-state index contributed by atoms with van der Waals surface area (Å²) in [5, 5.41) is 0.909. The standard InChI is InChI=1S/C17H22N2O3S/c1-2-23(21,22)18-10-13-11-19(12-13)17(20)16-8-15(9-16)14-6-4-3-5-7-14/h2-7,13,15-16,18H,1,8-12H2. The summed E-state index contributed by atoms with van der Waals surface area (Å²) in [5.41, 5.74) is 1.32. The number of nitrogens with zero attached hydrogens (tertiary/aromatic N) is 1. The zero-order chi connectivity index (χ0) is 16.4. The maximum atomic E-state index is 12.4. The van der Waals surface area contributed by atoms with Crippen LogP contribution in [0.4, 0.5) is 0 Å². The van der Waals surface area contributed by atoms with Gasteiger partial charge >= 0.3 is 0 Å². The second kappa shape index (κ2) is 6.45. The summed E-state index contributed by atoms with van der Waals surface area (Å²) in [6, 6.07) is 10.3. The molecule has 0 aromatic heterocycles. The summed E-state index contributed by atoms with van der Waals surface area (Å²) in [5.74, 6) is 1.06. The predicted octanol–water partition coefficient (Wildman–Crippen LogP) is 1.70. The minimum atomic E-state index is -3.37. The molecule has 1 amide bonds. The van der Waals surface area contributed by atoms with Crippen LogP contribution in [0, 0.1) is 11.8 Å². The van der Waals surface area contributed by atoms with Gasteiger partial charge in [0.05, 0.1) is 0 Å². The van der Waals surface area contributed by atoms with Gasteiger partial charge in [-0.15, -0.1) is 0 Å². The molecule has 0 unspecified atom stereocenters. The predicted molar refractivity (Wildman–Crippen MR) is 89.1 cm³/mol. The van der Waals surface area contributed by atoms with Gasteiger partial charge in [-0.1, -0.05) is 36.9 Å². The molecule has 1 saturated heterocycles. The summed E-state index contributed by atoms with van der Waals surface area (Å²) in [6.07, 6.45) is 1.85. The average Bonchev–Trinajstić information content (AvgIpc) is 2.45. The van der Waals surface area contributed by atoms with Crippen molar-refractivity contribution in [2.75, 3.05) is 19.6 Å². The van der Waals surface area contributed by atoms with Crippen LogP contribution in [-0.4, -0.2) is 38.9 Å². The Hall–Kier alpha value is -1.66. The Morgan fingerprint density at radius 3 is 2.52 bits per heavy atom. The monoisotopic (exact) mass is 334 g/mol. The molecule has 0 atom stereocenters. The van der Waals surface area contributed by atoms with E-state index in [4.69, 9.17) is 0 Å². The van der Waals surface area contributed by atoms with Gasteiger partial charge in [-0.3, -0.25) is 4.79 Å². The molecule has 6 heteroatoms. The number of sulfonamides is 1. The number of carbonyl (C=O) groups is 1. The van der Waals surface area contributed by atoms with E-state index < -0.39 is 10.0 Å². The molecule has 0 spiro atoms. The molecule has 5 nitrogen and oxygen atoms in total. The molecule has 23 heavy (non-hydrogen) atoms. The van der Waals surface area contributed by atoms with Crippen LogP contribution in [0.5, 0.6) is 0 Å². The fraction of sp³-hybridized carbons (Fsp3) is 0.471. The van der Waals surface area contributed by atoms with Crippen molar-refractivity contribution in [2.45, 2.75) is 18.8 Å². The zero-order valence-corrected chi connectivity index (χ0v) is 13.8. The lowest BCUT2D eigenvalue weighted by atomic mass is 9.70. The molecule has 1 aromatic rings. The van der Waals surface area contributed by atoms with Gasteiger partial charge in [0.15, 0.2) is 0 Å². The molecule has 1 aliphatic heterocycles. The first kappa shape index (κ1) is 16.2. The third-order valence-electron chi connectivity index (χ3n) is 4.82. The van der Waals surface area contributed by atoms with Gasteiger partial charge in [0, 0.05) is 36.9 Å². The average molecular weight is 334 g/mol. The summed E-state index contributed by atoms with van der Waals surface area (Å²) >= 11 is 0. The van der Waals surface area contributed by atoms with Crippen molar-refractivity contribution in [3.8, 4) is 0 Å². The highest BCUT2D eigenvalue weighted by molar-refractivity contribution is 7.92. The van der Waals surface area contributed by atoms with Gasteiger partial charge < -0.3 is 4.90 Å². The number of hydrogen-bond donors (Lipinski definition) is 1. The molecule has 1 heterocycles. The maximum absolute atomic E-state index is 12.4. The fourth-order valence-electron chi connectivity index (χ4n) is 3.25. The Bertz CT molecular complexity index is 675. The van der Waals surface area contributed by atoms with Crippen LogP contribution in [0.1, 0.15) is 24.3 Å². The van der Waals surface area contributed by atoms with Gasteiger partial charge in [0.2, 0.25) is 15.9 Å². The number of likely N-dealkylation sites (tertiary alicyclic amines) is 1. The van der Waals surface area contributed by atoms with Crippen molar-refractivity contribution in [2.24, 2.45) is 11.8 Å². The van der Waals surface area contributed by atoms with Crippen molar-refractivity contribution in [1.29, 1.82) is 0 Å². The topological polar surface area (TPSA) is 66.5 Å². The van der Waals surface area contributed by atoms with Crippen LogP contribution in [0.2, 0.25) is 0 Å². The molecular formula is C17H22N2O3S. The van der Waals surface area contributed by atoms with Crippen LogP contribution in [0.25, 0.3) is 0 Å². The van der Waals surface area contributed by atoms with Gasteiger partial charge in [-0.05, 0) is 24.3 Å². The maximum Gasteiger partial charge on any atom is 0.233 e. The highest BCUT2D eigenvalue weighted by atomic mass is 32.2. The Morgan fingerprint density at radius 1 is 1.26 bits per heavy atom. The summed E-state index contributed by atoms with van der Waals surface area (Å²) in [7, 11) is -3.37. The van der Waals surface area contributed by atoms with Gasteiger partial charge in [0.1, 0.15) is 0 Å². The van der Waals surface area contributed by atoms with Gasteiger partial charge in [-0.2, -0.15) is 0 Å². The molecule has 1 saturated carbocycles. The first-order chi connectivity index (χ1) is 11.0. The van der Waals surface area contributed by atoms with Crippen LogP contribution in [0.3, 0.4) is 0 Å². The van der Waals surface area contributed by atoms with Gasteiger partial charge in [0.25, 0.3) is 0 Å². The second-order valence-electron chi connectivity index (χ2n) is 6.45. The molecule has 1 aliphatic carbocycles. The third-order valence-corrected chi connectivity index (χ3v) is 5.83.